The molecule has 1 aromatic rings. The Hall–Kier alpha value is -1.10. The van der Waals surface area contributed by atoms with Crippen LogP contribution in [0.3, 0.4) is 0 Å². The lowest BCUT2D eigenvalue weighted by Gasteiger charge is -2.29. The van der Waals surface area contributed by atoms with E-state index in [-0.39, 0.29) is 6.04 Å². The Morgan fingerprint density at radius 2 is 1.88 bits per heavy atom. The van der Waals surface area contributed by atoms with E-state index in [0.29, 0.717) is 0 Å². The van der Waals surface area contributed by atoms with Crippen LogP contribution in [0.25, 0.3) is 0 Å². The molecule has 4 nitrogen and oxygen atoms in total. The van der Waals surface area contributed by atoms with E-state index in [1.807, 2.05) is 6.92 Å². The van der Waals surface area contributed by atoms with Crippen LogP contribution in [0, 0.1) is 0 Å². The van der Waals surface area contributed by atoms with Crippen LogP contribution < -0.4 is 16.2 Å². The first-order valence-electron chi connectivity index (χ1n) is 5.70. The molecule has 0 radical (unpaired) electrons. The number of nitrogens with one attached hydrogen (secondary N) is 1. The summed E-state index contributed by atoms with van der Waals surface area (Å²) in [7, 11) is 0. The summed E-state index contributed by atoms with van der Waals surface area (Å²) in [6.45, 7) is 5.64. The molecule has 2 rings (SSSR count). The SMILES string of the molecule is CC(NN)c1ccc(N2CCOCC2)cc1. The summed E-state index contributed by atoms with van der Waals surface area (Å²) in [6, 6.07) is 8.73. The Bertz CT molecular complexity index is 320. The van der Waals surface area contributed by atoms with Gasteiger partial charge < -0.3 is 9.64 Å². The summed E-state index contributed by atoms with van der Waals surface area (Å²) in [5.74, 6) is 5.41. The second-order valence-corrected chi connectivity index (χ2v) is 4.08. The molecule has 0 amide bonds. The van der Waals surface area contributed by atoms with Crippen molar-refractivity contribution in [2.45, 2.75) is 13.0 Å². The second-order valence-electron chi connectivity index (χ2n) is 4.08. The lowest BCUT2D eigenvalue weighted by molar-refractivity contribution is 0.122. The fourth-order valence-electron chi connectivity index (χ4n) is 1.89. The monoisotopic (exact) mass is 221 g/mol. The highest BCUT2D eigenvalue weighted by atomic mass is 16.5. The molecular weight excluding hydrogens is 202 g/mol. The predicted molar refractivity (Wildman–Crippen MR) is 65.2 cm³/mol. The van der Waals surface area contributed by atoms with Gasteiger partial charge in [-0.1, -0.05) is 12.1 Å². The van der Waals surface area contributed by atoms with Gasteiger partial charge in [-0.15, -0.1) is 0 Å². The number of ether oxygens (including phenoxy) is 1. The number of rotatable bonds is 3. The van der Waals surface area contributed by atoms with E-state index in [0.717, 1.165) is 26.3 Å². The maximum absolute atomic E-state index is 5.41. The molecule has 16 heavy (non-hydrogen) atoms. The molecule has 0 bridgehead atoms. The number of nitrogens with two attached hydrogens (primary N) is 1. The Kier molecular flexibility index (Phi) is 3.77. The molecule has 1 aromatic carbocycles. The number of anilines is 1. The summed E-state index contributed by atoms with van der Waals surface area (Å²) >= 11 is 0. The maximum Gasteiger partial charge on any atom is 0.0642 e. The molecule has 3 N–H and O–H groups in total. The molecule has 1 fully saturated rings. The number of morpholine rings is 1. The Labute approximate surface area is 96.3 Å². The number of hydrazine groups is 1. The van der Waals surface area contributed by atoms with Crippen molar-refractivity contribution >= 4 is 5.69 Å². The molecule has 0 saturated carbocycles. The van der Waals surface area contributed by atoms with Gasteiger partial charge in [0.1, 0.15) is 0 Å². The van der Waals surface area contributed by atoms with Crippen LogP contribution in [0.4, 0.5) is 5.69 Å². The van der Waals surface area contributed by atoms with E-state index in [1.54, 1.807) is 0 Å². The van der Waals surface area contributed by atoms with E-state index in [1.165, 1.54) is 11.3 Å². The number of nitrogens with zero attached hydrogens (tertiary/aromatic N) is 1. The number of hydrogen-bond donors (Lipinski definition) is 2. The van der Waals surface area contributed by atoms with Crippen molar-refractivity contribution in [1.82, 2.24) is 5.43 Å². The molecule has 88 valence electrons. The summed E-state index contributed by atoms with van der Waals surface area (Å²) in [5, 5.41) is 0. The van der Waals surface area contributed by atoms with Gasteiger partial charge in [0.15, 0.2) is 0 Å². The molecule has 1 aliphatic heterocycles. The lowest BCUT2D eigenvalue weighted by Crippen LogP contribution is -2.36. The minimum Gasteiger partial charge on any atom is -0.378 e. The van der Waals surface area contributed by atoms with Gasteiger partial charge in [0.05, 0.1) is 13.2 Å². The Morgan fingerprint density at radius 1 is 1.25 bits per heavy atom. The first kappa shape index (κ1) is 11.4. The zero-order valence-electron chi connectivity index (χ0n) is 9.65. The van der Waals surface area contributed by atoms with Crippen LogP contribution in [0.2, 0.25) is 0 Å². The van der Waals surface area contributed by atoms with Crippen molar-refractivity contribution < 1.29 is 4.74 Å². The fourth-order valence-corrected chi connectivity index (χ4v) is 1.89. The maximum atomic E-state index is 5.41. The quantitative estimate of drug-likeness (QED) is 0.591. The smallest absolute Gasteiger partial charge is 0.0642 e. The van der Waals surface area contributed by atoms with Crippen LogP contribution in [-0.2, 0) is 4.74 Å². The number of benzene rings is 1. The van der Waals surface area contributed by atoms with Crippen molar-refractivity contribution in [3.63, 3.8) is 0 Å². The highest BCUT2D eigenvalue weighted by Crippen LogP contribution is 2.19. The Morgan fingerprint density at radius 3 is 2.44 bits per heavy atom. The zero-order valence-corrected chi connectivity index (χ0v) is 9.65. The van der Waals surface area contributed by atoms with Crippen molar-refractivity contribution in [3.05, 3.63) is 29.8 Å². The van der Waals surface area contributed by atoms with Gasteiger partial charge in [0, 0.05) is 24.8 Å². The Balaban J connectivity index is 2.06. The van der Waals surface area contributed by atoms with E-state index in [2.05, 4.69) is 34.6 Å². The van der Waals surface area contributed by atoms with Crippen LogP contribution in [-0.4, -0.2) is 26.3 Å². The van der Waals surface area contributed by atoms with Crippen molar-refractivity contribution in [3.8, 4) is 0 Å². The molecule has 0 aromatic heterocycles. The van der Waals surface area contributed by atoms with E-state index in [9.17, 15) is 0 Å². The highest BCUT2D eigenvalue weighted by Gasteiger charge is 2.11. The minimum absolute atomic E-state index is 0.193. The first-order chi connectivity index (χ1) is 7.81. The lowest BCUT2D eigenvalue weighted by atomic mass is 10.1. The summed E-state index contributed by atoms with van der Waals surface area (Å²) in [5.41, 5.74) is 5.21. The third kappa shape index (κ3) is 2.52. The van der Waals surface area contributed by atoms with Crippen molar-refractivity contribution in [1.29, 1.82) is 0 Å². The molecule has 0 aliphatic carbocycles. The molecular formula is C12H19N3O. The van der Waals surface area contributed by atoms with Gasteiger partial charge >= 0.3 is 0 Å². The van der Waals surface area contributed by atoms with Crippen molar-refractivity contribution in [2.75, 3.05) is 31.2 Å². The van der Waals surface area contributed by atoms with Crippen LogP contribution in [0.15, 0.2) is 24.3 Å². The average Bonchev–Trinajstić information content (AvgIpc) is 2.39. The molecule has 1 atom stereocenters. The summed E-state index contributed by atoms with van der Waals surface area (Å²) in [6.07, 6.45) is 0. The molecule has 1 heterocycles. The van der Waals surface area contributed by atoms with Crippen molar-refractivity contribution in [2.24, 2.45) is 5.84 Å². The fraction of sp³-hybridized carbons (Fsp3) is 0.500. The summed E-state index contributed by atoms with van der Waals surface area (Å²) < 4.78 is 5.33. The topological polar surface area (TPSA) is 50.5 Å². The largest absolute Gasteiger partial charge is 0.378 e. The van der Waals surface area contributed by atoms with E-state index in [4.69, 9.17) is 10.6 Å². The highest BCUT2D eigenvalue weighted by molar-refractivity contribution is 5.48. The average molecular weight is 221 g/mol. The molecule has 1 saturated heterocycles. The van der Waals surface area contributed by atoms with Gasteiger partial charge in [-0.2, -0.15) is 0 Å². The van der Waals surface area contributed by atoms with Gasteiger partial charge in [0.2, 0.25) is 0 Å². The normalized spacial score (nSPS) is 18.5. The van der Waals surface area contributed by atoms with Crippen LogP contribution in [0.1, 0.15) is 18.5 Å². The first-order valence-corrected chi connectivity index (χ1v) is 5.70. The molecule has 4 heteroatoms. The third-order valence-corrected chi connectivity index (χ3v) is 3.02. The number of hydrogen-bond acceptors (Lipinski definition) is 4. The van der Waals surface area contributed by atoms with Gasteiger partial charge in [-0.05, 0) is 24.6 Å². The van der Waals surface area contributed by atoms with Gasteiger partial charge in [-0.25, -0.2) is 0 Å². The molecule has 0 spiro atoms. The zero-order chi connectivity index (χ0) is 11.4. The third-order valence-electron chi connectivity index (χ3n) is 3.02. The molecule has 1 unspecified atom stereocenters. The summed E-state index contributed by atoms with van der Waals surface area (Å²) in [4.78, 5) is 2.34. The van der Waals surface area contributed by atoms with E-state index >= 15 is 0 Å². The van der Waals surface area contributed by atoms with E-state index < -0.39 is 0 Å². The molecule has 1 aliphatic rings. The second kappa shape index (κ2) is 5.30. The minimum atomic E-state index is 0.193. The standard InChI is InChI=1S/C12H19N3O/c1-10(14-13)11-2-4-12(5-3-11)15-6-8-16-9-7-15/h2-5,10,14H,6-9,13H2,1H3. The van der Waals surface area contributed by atoms with Crippen LogP contribution >= 0.6 is 0 Å². The predicted octanol–water partition coefficient (Wildman–Crippen LogP) is 1.05. The van der Waals surface area contributed by atoms with Gasteiger partial charge in [0.25, 0.3) is 0 Å². The van der Waals surface area contributed by atoms with Gasteiger partial charge in [-0.3, -0.25) is 11.3 Å². The van der Waals surface area contributed by atoms with Crippen LogP contribution in [0.5, 0.6) is 0 Å².